The van der Waals surface area contributed by atoms with Crippen LogP contribution in [0.3, 0.4) is 0 Å². The Labute approximate surface area is 108 Å². The van der Waals surface area contributed by atoms with Gasteiger partial charge in [-0.2, -0.15) is 0 Å². The minimum absolute atomic E-state index is 0.0716. The molecule has 0 amide bonds. The van der Waals surface area contributed by atoms with Crippen molar-refractivity contribution in [1.29, 1.82) is 0 Å². The number of rotatable bonds is 6. The topological polar surface area (TPSA) is 15.3 Å². The van der Waals surface area contributed by atoms with E-state index in [-0.39, 0.29) is 5.82 Å². The standard InChI is InChI=1S/C15H21FN2/c1-18(14-5-6-14)10-12-8-11(2-7-15(12)16)9-17-13-3-4-13/h2,7-8,13-14,17H,3-6,9-10H2,1H3. The van der Waals surface area contributed by atoms with Crippen molar-refractivity contribution >= 4 is 0 Å². The third-order valence-corrected chi connectivity index (χ3v) is 3.87. The molecule has 0 heterocycles. The molecule has 2 nitrogen and oxygen atoms in total. The molecule has 0 aliphatic heterocycles. The summed E-state index contributed by atoms with van der Waals surface area (Å²) >= 11 is 0. The number of nitrogens with zero attached hydrogens (tertiary/aromatic N) is 1. The van der Waals surface area contributed by atoms with Gasteiger partial charge in [-0.25, -0.2) is 4.39 Å². The van der Waals surface area contributed by atoms with E-state index in [1.54, 1.807) is 6.07 Å². The summed E-state index contributed by atoms with van der Waals surface area (Å²) in [5, 5.41) is 3.47. The maximum Gasteiger partial charge on any atom is 0.127 e. The van der Waals surface area contributed by atoms with Crippen molar-refractivity contribution in [3.05, 3.63) is 35.1 Å². The van der Waals surface area contributed by atoms with Gasteiger partial charge in [-0.3, -0.25) is 4.90 Å². The summed E-state index contributed by atoms with van der Waals surface area (Å²) in [7, 11) is 2.09. The Hall–Kier alpha value is -0.930. The van der Waals surface area contributed by atoms with E-state index in [0.29, 0.717) is 12.1 Å². The van der Waals surface area contributed by atoms with E-state index in [4.69, 9.17) is 0 Å². The molecule has 98 valence electrons. The van der Waals surface area contributed by atoms with Crippen molar-refractivity contribution in [1.82, 2.24) is 10.2 Å². The zero-order chi connectivity index (χ0) is 12.5. The highest BCUT2D eigenvalue weighted by atomic mass is 19.1. The molecular formula is C15H21FN2. The second-order valence-electron chi connectivity index (χ2n) is 5.73. The second-order valence-corrected chi connectivity index (χ2v) is 5.73. The molecule has 3 heteroatoms. The Balaban J connectivity index is 1.64. The van der Waals surface area contributed by atoms with Crippen LogP contribution in [0, 0.1) is 5.82 Å². The Bertz CT molecular complexity index is 425. The highest BCUT2D eigenvalue weighted by Gasteiger charge is 2.26. The minimum atomic E-state index is -0.0716. The van der Waals surface area contributed by atoms with Gasteiger partial charge >= 0.3 is 0 Å². The summed E-state index contributed by atoms with van der Waals surface area (Å²) < 4.78 is 13.8. The van der Waals surface area contributed by atoms with Gasteiger partial charge in [0.2, 0.25) is 0 Å². The Morgan fingerprint density at radius 1 is 1.28 bits per heavy atom. The van der Waals surface area contributed by atoms with Gasteiger partial charge in [0.25, 0.3) is 0 Å². The second kappa shape index (κ2) is 4.98. The summed E-state index contributed by atoms with van der Waals surface area (Å²) in [4.78, 5) is 2.26. The lowest BCUT2D eigenvalue weighted by Crippen LogP contribution is -2.21. The van der Waals surface area contributed by atoms with E-state index >= 15 is 0 Å². The molecule has 0 unspecified atom stereocenters. The van der Waals surface area contributed by atoms with Crippen LogP contribution in [-0.4, -0.2) is 24.0 Å². The van der Waals surface area contributed by atoms with Gasteiger partial charge in [-0.1, -0.05) is 12.1 Å². The van der Waals surface area contributed by atoms with Crippen LogP contribution >= 0.6 is 0 Å². The van der Waals surface area contributed by atoms with Gasteiger partial charge < -0.3 is 5.32 Å². The zero-order valence-corrected chi connectivity index (χ0v) is 11.0. The molecule has 2 aliphatic carbocycles. The Kier molecular flexibility index (Phi) is 3.35. The van der Waals surface area contributed by atoms with Gasteiger partial charge in [0.15, 0.2) is 0 Å². The van der Waals surface area contributed by atoms with Gasteiger partial charge in [-0.05, 0) is 44.4 Å². The molecule has 0 bridgehead atoms. The lowest BCUT2D eigenvalue weighted by Gasteiger charge is -2.17. The summed E-state index contributed by atoms with van der Waals surface area (Å²) in [5.74, 6) is -0.0716. The Morgan fingerprint density at radius 3 is 2.72 bits per heavy atom. The molecule has 2 saturated carbocycles. The van der Waals surface area contributed by atoms with Crippen LogP contribution in [0.25, 0.3) is 0 Å². The molecule has 1 aromatic rings. The fraction of sp³-hybridized carbons (Fsp3) is 0.600. The van der Waals surface area contributed by atoms with Crippen molar-refractivity contribution in [2.75, 3.05) is 7.05 Å². The molecule has 0 radical (unpaired) electrons. The lowest BCUT2D eigenvalue weighted by molar-refractivity contribution is 0.311. The molecular weight excluding hydrogens is 227 g/mol. The van der Waals surface area contributed by atoms with Gasteiger partial charge in [0.05, 0.1) is 0 Å². The predicted molar refractivity (Wildman–Crippen MR) is 70.8 cm³/mol. The summed E-state index contributed by atoms with van der Waals surface area (Å²) in [5.41, 5.74) is 2.03. The van der Waals surface area contributed by atoms with E-state index < -0.39 is 0 Å². The Morgan fingerprint density at radius 2 is 2.06 bits per heavy atom. The minimum Gasteiger partial charge on any atom is -0.310 e. The molecule has 18 heavy (non-hydrogen) atoms. The third-order valence-electron chi connectivity index (χ3n) is 3.87. The normalized spacial score (nSPS) is 19.5. The number of halogens is 1. The summed E-state index contributed by atoms with van der Waals surface area (Å²) in [6.45, 7) is 1.60. The molecule has 3 rings (SSSR count). The maximum absolute atomic E-state index is 13.8. The number of nitrogens with one attached hydrogen (secondary N) is 1. The van der Waals surface area contributed by atoms with Gasteiger partial charge in [-0.15, -0.1) is 0 Å². The average molecular weight is 248 g/mol. The number of hydrogen-bond donors (Lipinski definition) is 1. The molecule has 0 spiro atoms. The van der Waals surface area contributed by atoms with Crippen molar-refractivity contribution < 1.29 is 4.39 Å². The molecule has 2 aliphatic rings. The van der Waals surface area contributed by atoms with Crippen molar-refractivity contribution in [3.63, 3.8) is 0 Å². The molecule has 1 N–H and O–H groups in total. The first-order chi connectivity index (χ1) is 8.72. The SMILES string of the molecule is CN(Cc1cc(CNC2CC2)ccc1F)C1CC1. The van der Waals surface area contributed by atoms with Crippen LogP contribution in [0.1, 0.15) is 36.8 Å². The predicted octanol–water partition coefficient (Wildman–Crippen LogP) is 2.67. The molecule has 0 aromatic heterocycles. The summed E-state index contributed by atoms with van der Waals surface area (Å²) in [6.07, 6.45) is 5.11. The van der Waals surface area contributed by atoms with Gasteiger partial charge in [0.1, 0.15) is 5.82 Å². The van der Waals surface area contributed by atoms with Crippen LogP contribution in [0.5, 0.6) is 0 Å². The van der Waals surface area contributed by atoms with E-state index in [1.165, 1.54) is 31.2 Å². The largest absolute Gasteiger partial charge is 0.310 e. The fourth-order valence-corrected chi connectivity index (χ4v) is 2.32. The van der Waals surface area contributed by atoms with E-state index in [0.717, 1.165) is 18.7 Å². The molecule has 1 aromatic carbocycles. The number of benzene rings is 1. The first kappa shape index (κ1) is 12.1. The van der Waals surface area contributed by atoms with Crippen LogP contribution in [0.2, 0.25) is 0 Å². The van der Waals surface area contributed by atoms with Crippen LogP contribution < -0.4 is 5.32 Å². The van der Waals surface area contributed by atoms with Crippen molar-refractivity contribution in [3.8, 4) is 0 Å². The monoisotopic (exact) mass is 248 g/mol. The van der Waals surface area contributed by atoms with Crippen LogP contribution in [0.15, 0.2) is 18.2 Å². The first-order valence-electron chi connectivity index (χ1n) is 6.93. The highest BCUT2D eigenvalue weighted by molar-refractivity contribution is 5.25. The summed E-state index contributed by atoms with van der Waals surface area (Å²) in [6, 6.07) is 6.90. The van der Waals surface area contributed by atoms with Crippen molar-refractivity contribution in [2.24, 2.45) is 0 Å². The number of hydrogen-bond acceptors (Lipinski definition) is 2. The fourth-order valence-electron chi connectivity index (χ4n) is 2.32. The highest BCUT2D eigenvalue weighted by Crippen LogP contribution is 2.27. The lowest BCUT2D eigenvalue weighted by atomic mass is 10.1. The average Bonchev–Trinajstić information content (AvgIpc) is 3.23. The first-order valence-corrected chi connectivity index (χ1v) is 6.93. The maximum atomic E-state index is 13.8. The van der Waals surface area contributed by atoms with Crippen LogP contribution in [0.4, 0.5) is 4.39 Å². The van der Waals surface area contributed by atoms with E-state index in [2.05, 4.69) is 17.3 Å². The zero-order valence-electron chi connectivity index (χ0n) is 11.0. The molecule has 0 atom stereocenters. The van der Waals surface area contributed by atoms with Crippen LogP contribution in [-0.2, 0) is 13.1 Å². The van der Waals surface area contributed by atoms with E-state index in [9.17, 15) is 4.39 Å². The van der Waals surface area contributed by atoms with Gasteiger partial charge in [0, 0.05) is 30.7 Å². The molecule has 2 fully saturated rings. The van der Waals surface area contributed by atoms with E-state index in [1.807, 2.05) is 12.1 Å². The smallest absolute Gasteiger partial charge is 0.127 e. The quantitative estimate of drug-likeness (QED) is 0.832. The molecule has 0 saturated heterocycles. The van der Waals surface area contributed by atoms with Crippen molar-refractivity contribution in [2.45, 2.75) is 50.9 Å². The third kappa shape index (κ3) is 3.09.